The Kier molecular flexibility index (Phi) is 9.84. The molecule has 44 heavy (non-hydrogen) atoms. The molecule has 1 aliphatic heterocycles. The van der Waals surface area contributed by atoms with Gasteiger partial charge in [-0.1, -0.05) is 0 Å². The van der Waals surface area contributed by atoms with E-state index in [0.29, 0.717) is 34.8 Å². The van der Waals surface area contributed by atoms with Crippen LogP contribution in [0.3, 0.4) is 0 Å². The highest BCUT2D eigenvalue weighted by atomic mass is 32.2. The summed E-state index contributed by atoms with van der Waals surface area (Å²) in [4.78, 5) is 20.8. The lowest BCUT2D eigenvalue weighted by Gasteiger charge is -2.32. The van der Waals surface area contributed by atoms with E-state index in [1.54, 1.807) is 31.5 Å². The number of carbonyl (C=O) groups is 1. The molecule has 1 fully saturated rings. The average molecular weight is 645 g/mol. The van der Waals surface area contributed by atoms with E-state index < -0.39 is 21.8 Å². The topological polar surface area (TPSA) is 120 Å². The number of methoxy groups -OCH3 is 2. The van der Waals surface area contributed by atoms with Crippen molar-refractivity contribution in [2.45, 2.75) is 11.3 Å². The lowest BCUT2D eigenvalue weighted by molar-refractivity contribution is 0.0602. The van der Waals surface area contributed by atoms with Gasteiger partial charge < -0.3 is 28.7 Å². The van der Waals surface area contributed by atoms with Crippen LogP contribution in [-0.4, -0.2) is 89.8 Å². The first kappa shape index (κ1) is 31.4. The van der Waals surface area contributed by atoms with E-state index in [1.165, 1.54) is 23.6 Å². The third-order valence-electron chi connectivity index (χ3n) is 7.15. The maximum atomic E-state index is 15.2. The van der Waals surface area contributed by atoms with Crippen LogP contribution < -0.4 is 18.9 Å². The fourth-order valence-electron chi connectivity index (χ4n) is 4.76. The predicted molar refractivity (Wildman–Crippen MR) is 165 cm³/mol. The Labute approximate surface area is 259 Å². The number of sulfonamides is 1. The minimum atomic E-state index is -4.19. The number of piperazine rings is 1. The third kappa shape index (κ3) is 7.21. The highest BCUT2D eigenvalue weighted by Gasteiger charge is 2.25. The Morgan fingerprint density at radius 2 is 1.82 bits per heavy atom. The second-order valence-corrected chi connectivity index (χ2v) is 12.7. The normalized spacial score (nSPS) is 14.4. The summed E-state index contributed by atoms with van der Waals surface area (Å²) in [6.07, 6.45) is 2.41. The Morgan fingerprint density at radius 1 is 1.02 bits per heavy atom. The first-order valence-corrected chi connectivity index (χ1v) is 16.2. The maximum absolute atomic E-state index is 15.2. The van der Waals surface area contributed by atoms with Gasteiger partial charge in [-0.15, -0.1) is 11.3 Å². The van der Waals surface area contributed by atoms with Crippen LogP contribution in [0.25, 0.3) is 10.9 Å². The predicted octanol–water partition coefficient (Wildman–Crippen LogP) is 4.84. The molecule has 0 bridgehead atoms. The molecule has 0 spiro atoms. The van der Waals surface area contributed by atoms with Gasteiger partial charge in [-0.25, -0.2) is 17.6 Å². The molecule has 0 aliphatic carbocycles. The fraction of sp³-hybridized carbons (Fsp3) is 0.333. The molecule has 0 unspecified atom stereocenters. The quantitative estimate of drug-likeness (QED) is 0.170. The van der Waals surface area contributed by atoms with Crippen LogP contribution in [0.4, 0.5) is 10.1 Å². The number of thiophene rings is 1. The molecule has 3 heterocycles. The van der Waals surface area contributed by atoms with Crippen molar-refractivity contribution in [2.24, 2.45) is 0 Å². The molecule has 1 saturated heterocycles. The molecule has 11 nitrogen and oxygen atoms in total. The zero-order valence-electron chi connectivity index (χ0n) is 24.5. The van der Waals surface area contributed by atoms with Gasteiger partial charge >= 0.3 is 5.97 Å². The second-order valence-electron chi connectivity index (χ2n) is 10.1. The van der Waals surface area contributed by atoms with Crippen molar-refractivity contribution < 1.29 is 36.6 Å². The standard InChI is InChI=1S/C30H33FN4O7S2/c1-34-11-13-35(14-12-34)10-4-15-41-27-19-23-21(18-26(27)39-2)24(7-9-32-23)42-25-6-5-20(17-22(25)31)33-44(37,38)28-8-16-43-29(28)30(36)40-3/h5-9,16-19,33H,4,10-15H2,1-3H3. The molecule has 14 heteroatoms. The molecular formula is C30H33FN4O7S2. The second kappa shape index (κ2) is 13.8. The lowest BCUT2D eigenvalue weighted by atomic mass is 10.1. The molecule has 0 atom stereocenters. The number of carbonyl (C=O) groups excluding carboxylic acids is 1. The van der Waals surface area contributed by atoms with Crippen LogP contribution in [0.2, 0.25) is 0 Å². The number of anilines is 1. The van der Waals surface area contributed by atoms with Crippen LogP contribution in [0.15, 0.2) is 58.9 Å². The zero-order valence-corrected chi connectivity index (χ0v) is 26.2. The number of hydrogen-bond acceptors (Lipinski definition) is 11. The number of rotatable bonds is 12. The average Bonchev–Trinajstić information content (AvgIpc) is 3.52. The molecule has 1 aliphatic rings. The Balaban J connectivity index is 1.28. The fourth-order valence-corrected chi connectivity index (χ4v) is 7.14. The Bertz CT molecular complexity index is 1740. The summed E-state index contributed by atoms with van der Waals surface area (Å²) in [7, 11) is 0.645. The SMILES string of the molecule is COC(=O)c1sccc1S(=O)(=O)Nc1ccc(Oc2ccnc3cc(OCCCN4CCN(C)CC4)c(OC)cc23)c(F)c1. The first-order chi connectivity index (χ1) is 21.2. The van der Waals surface area contributed by atoms with E-state index in [2.05, 4.69) is 31.3 Å². The number of esters is 1. The molecule has 0 amide bonds. The zero-order chi connectivity index (χ0) is 31.3. The summed E-state index contributed by atoms with van der Waals surface area (Å²) >= 11 is 0.928. The summed E-state index contributed by atoms with van der Waals surface area (Å²) in [5.74, 6) is -0.360. The summed E-state index contributed by atoms with van der Waals surface area (Å²) < 4.78 is 65.4. The van der Waals surface area contributed by atoms with Crippen molar-refractivity contribution in [1.29, 1.82) is 0 Å². The van der Waals surface area contributed by atoms with Crippen LogP contribution in [-0.2, 0) is 14.8 Å². The Hall–Kier alpha value is -3.98. The van der Waals surface area contributed by atoms with Gasteiger partial charge in [0.1, 0.15) is 15.5 Å². The summed E-state index contributed by atoms with van der Waals surface area (Å²) in [6, 6.07) is 10.0. The van der Waals surface area contributed by atoms with Gasteiger partial charge in [0.25, 0.3) is 10.0 Å². The first-order valence-electron chi connectivity index (χ1n) is 13.8. The number of halogens is 1. The van der Waals surface area contributed by atoms with E-state index in [9.17, 15) is 13.2 Å². The summed E-state index contributed by atoms with van der Waals surface area (Å²) in [5, 5.41) is 2.03. The van der Waals surface area contributed by atoms with E-state index in [4.69, 9.17) is 14.2 Å². The molecule has 234 valence electrons. The molecule has 0 radical (unpaired) electrons. The van der Waals surface area contributed by atoms with Crippen molar-refractivity contribution >= 4 is 43.9 Å². The maximum Gasteiger partial charge on any atom is 0.349 e. The van der Waals surface area contributed by atoms with Crippen molar-refractivity contribution in [2.75, 3.05) is 65.3 Å². The van der Waals surface area contributed by atoms with Gasteiger partial charge in [-0.2, -0.15) is 0 Å². The van der Waals surface area contributed by atoms with Crippen molar-refractivity contribution in [3.05, 3.63) is 64.7 Å². The van der Waals surface area contributed by atoms with Gasteiger partial charge in [-0.3, -0.25) is 9.71 Å². The van der Waals surface area contributed by atoms with Crippen LogP contribution in [0.5, 0.6) is 23.0 Å². The van der Waals surface area contributed by atoms with Crippen molar-refractivity contribution in [3.8, 4) is 23.0 Å². The lowest BCUT2D eigenvalue weighted by Crippen LogP contribution is -2.44. The van der Waals surface area contributed by atoms with Gasteiger partial charge in [0.15, 0.2) is 23.1 Å². The number of pyridine rings is 1. The molecule has 1 N–H and O–H groups in total. The monoisotopic (exact) mass is 644 g/mol. The third-order valence-corrected chi connectivity index (χ3v) is 9.60. The van der Waals surface area contributed by atoms with E-state index in [0.717, 1.165) is 63.7 Å². The molecule has 0 saturated carbocycles. The number of aromatic nitrogens is 1. The largest absolute Gasteiger partial charge is 0.493 e. The van der Waals surface area contributed by atoms with Crippen LogP contribution in [0.1, 0.15) is 16.1 Å². The smallest absolute Gasteiger partial charge is 0.349 e. The van der Waals surface area contributed by atoms with E-state index >= 15 is 4.39 Å². The number of benzene rings is 2. The van der Waals surface area contributed by atoms with Crippen LogP contribution in [0, 0.1) is 5.82 Å². The summed E-state index contributed by atoms with van der Waals surface area (Å²) in [5.41, 5.74) is 0.520. The number of likely N-dealkylation sites (N-methyl/N-ethyl adjacent to an activating group) is 1. The Morgan fingerprint density at radius 3 is 2.55 bits per heavy atom. The minimum Gasteiger partial charge on any atom is -0.493 e. The molecule has 2 aromatic carbocycles. The molecule has 2 aromatic heterocycles. The molecular weight excluding hydrogens is 611 g/mol. The van der Waals surface area contributed by atoms with Crippen LogP contribution >= 0.6 is 11.3 Å². The van der Waals surface area contributed by atoms with Gasteiger partial charge in [0.2, 0.25) is 0 Å². The number of nitrogens with one attached hydrogen (secondary N) is 1. The number of ether oxygens (including phenoxy) is 4. The van der Waals surface area contributed by atoms with E-state index in [-0.39, 0.29) is 21.2 Å². The van der Waals surface area contributed by atoms with Gasteiger partial charge in [0, 0.05) is 56.4 Å². The molecule has 5 rings (SSSR count). The number of fused-ring (bicyclic) bond motifs is 1. The van der Waals surface area contributed by atoms with Crippen molar-refractivity contribution in [1.82, 2.24) is 14.8 Å². The minimum absolute atomic E-state index is 0.0486. The summed E-state index contributed by atoms with van der Waals surface area (Å²) in [6.45, 7) is 5.70. The number of hydrogen-bond donors (Lipinski definition) is 1. The highest BCUT2D eigenvalue weighted by Crippen LogP contribution is 2.38. The number of nitrogens with zero attached hydrogens (tertiary/aromatic N) is 3. The van der Waals surface area contributed by atoms with E-state index in [1.807, 2.05) is 0 Å². The van der Waals surface area contributed by atoms with Gasteiger partial charge in [0.05, 0.1) is 32.0 Å². The highest BCUT2D eigenvalue weighted by molar-refractivity contribution is 7.93. The molecule has 4 aromatic rings. The van der Waals surface area contributed by atoms with Gasteiger partial charge in [-0.05, 0) is 49.2 Å². The van der Waals surface area contributed by atoms with Crippen molar-refractivity contribution in [3.63, 3.8) is 0 Å².